The molecule has 0 atom stereocenters. The maximum atomic E-state index is 11.8. The molecule has 0 radical (unpaired) electrons. The average Bonchev–Trinajstić information content (AvgIpc) is 2.39. The number of nitrogens with one attached hydrogen (secondary N) is 1. The molecule has 0 aliphatic heterocycles. The van der Waals surface area contributed by atoms with E-state index in [0.717, 1.165) is 5.56 Å². The lowest BCUT2D eigenvalue weighted by Crippen LogP contribution is -2.20. The topological polar surface area (TPSA) is 72.0 Å². The van der Waals surface area contributed by atoms with Gasteiger partial charge in [-0.25, -0.2) is 4.79 Å². The van der Waals surface area contributed by atoms with Crippen LogP contribution in [0.3, 0.4) is 0 Å². The molecular weight excluding hydrogens is 268 g/mol. The Morgan fingerprint density at radius 2 is 2.05 bits per heavy atom. The van der Waals surface area contributed by atoms with Crippen LogP contribution >= 0.6 is 11.6 Å². The number of rotatable bonds is 3. The molecule has 0 amide bonds. The monoisotopic (exact) mass is 278 g/mol. The van der Waals surface area contributed by atoms with Gasteiger partial charge in [-0.3, -0.25) is 9.89 Å². The second-order valence-corrected chi connectivity index (χ2v) is 4.16. The zero-order valence-electron chi connectivity index (χ0n) is 10.1. The Bertz CT molecular complexity index is 650. The number of H-pyrrole nitrogens is 1. The standard InChI is InChI=1S/C13H11ClN2O3/c1-2-19-13(18)12-11(17)7-10(15-16-12)8-3-5-9(14)6-4-8/h3-7H,2H2,1H3,(H,15,17). The highest BCUT2D eigenvalue weighted by Crippen LogP contribution is 2.17. The molecule has 0 saturated heterocycles. The summed E-state index contributed by atoms with van der Waals surface area (Å²) in [7, 11) is 0. The number of esters is 1. The molecule has 1 N–H and O–H groups in total. The number of carbonyl (C=O) groups excluding carboxylic acids is 1. The molecule has 0 aliphatic carbocycles. The maximum absolute atomic E-state index is 11.8. The fraction of sp³-hybridized carbons (Fsp3) is 0.154. The van der Waals surface area contributed by atoms with Gasteiger partial charge >= 0.3 is 5.97 Å². The number of carbonyl (C=O) groups is 1. The molecule has 0 saturated carbocycles. The van der Waals surface area contributed by atoms with Gasteiger partial charge in [0.1, 0.15) is 0 Å². The van der Waals surface area contributed by atoms with Crippen molar-refractivity contribution in [2.75, 3.05) is 6.61 Å². The Hall–Kier alpha value is -2.14. The van der Waals surface area contributed by atoms with E-state index in [1.165, 1.54) is 6.07 Å². The average molecular weight is 279 g/mol. The lowest BCUT2D eigenvalue weighted by atomic mass is 10.1. The van der Waals surface area contributed by atoms with Gasteiger partial charge in [0.2, 0.25) is 11.1 Å². The Kier molecular flexibility index (Phi) is 3.97. The summed E-state index contributed by atoms with van der Waals surface area (Å²) in [6, 6.07) is 8.21. The van der Waals surface area contributed by atoms with Crippen molar-refractivity contribution in [2.45, 2.75) is 6.92 Å². The Morgan fingerprint density at radius 1 is 1.37 bits per heavy atom. The third kappa shape index (κ3) is 3.00. The van der Waals surface area contributed by atoms with Crippen molar-refractivity contribution in [1.82, 2.24) is 10.2 Å². The van der Waals surface area contributed by atoms with Crippen LogP contribution in [0.25, 0.3) is 11.3 Å². The predicted octanol–water partition coefficient (Wildman–Crippen LogP) is 2.27. The molecule has 0 spiro atoms. The summed E-state index contributed by atoms with van der Waals surface area (Å²) >= 11 is 5.78. The van der Waals surface area contributed by atoms with Crippen LogP contribution in [0.1, 0.15) is 17.4 Å². The highest BCUT2D eigenvalue weighted by molar-refractivity contribution is 6.30. The van der Waals surface area contributed by atoms with Gasteiger partial charge in [0.05, 0.1) is 12.3 Å². The molecule has 6 heteroatoms. The van der Waals surface area contributed by atoms with Crippen molar-refractivity contribution in [3.05, 3.63) is 51.3 Å². The van der Waals surface area contributed by atoms with Crippen LogP contribution in [-0.4, -0.2) is 22.8 Å². The molecule has 1 heterocycles. The summed E-state index contributed by atoms with van der Waals surface area (Å²) in [4.78, 5) is 23.2. The van der Waals surface area contributed by atoms with Gasteiger partial charge < -0.3 is 4.74 Å². The van der Waals surface area contributed by atoms with Crippen molar-refractivity contribution in [1.29, 1.82) is 0 Å². The van der Waals surface area contributed by atoms with Gasteiger partial charge in [0, 0.05) is 11.1 Å². The fourth-order valence-electron chi connectivity index (χ4n) is 1.53. The molecule has 0 aliphatic rings. The fourth-order valence-corrected chi connectivity index (χ4v) is 1.65. The highest BCUT2D eigenvalue weighted by Gasteiger charge is 2.14. The summed E-state index contributed by atoms with van der Waals surface area (Å²) in [5.74, 6) is -0.730. The molecular formula is C13H11ClN2O3. The van der Waals surface area contributed by atoms with Gasteiger partial charge in [-0.2, -0.15) is 5.10 Å². The first-order chi connectivity index (χ1) is 9.11. The largest absolute Gasteiger partial charge is 0.461 e. The third-order valence-corrected chi connectivity index (χ3v) is 2.67. The van der Waals surface area contributed by atoms with Crippen LogP contribution in [0, 0.1) is 0 Å². The smallest absolute Gasteiger partial charge is 0.362 e. The van der Waals surface area contributed by atoms with E-state index in [0.29, 0.717) is 10.7 Å². The summed E-state index contributed by atoms with van der Waals surface area (Å²) in [6.07, 6.45) is 0. The number of halogens is 1. The lowest BCUT2D eigenvalue weighted by Gasteiger charge is -2.03. The first-order valence-corrected chi connectivity index (χ1v) is 6.02. The van der Waals surface area contributed by atoms with Crippen molar-refractivity contribution in [3.63, 3.8) is 0 Å². The number of benzene rings is 1. The number of hydrogen-bond donors (Lipinski definition) is 1. The zero-order chi connectivity index (χ0) is 13.8. The Balaban J connectivity index is 2.36. The molecule has 0 fully saturated rings. The van der Waals surface area contributed by atoms with E-state index < -0.39 is 11.4 Å². The minimum absolute atomic E-state index is 0.193. The van der Waals surface area contributed by atoms with E-state index in [1.807, 2.05) is 0 Å². The molecule has 2 rings (SSSR count). The molecule has 0 unspecified atom stereocenters. The van der Waals surface area contributed by atoms with E-state index >= 15 is 0 Å². The second-order valence-electron chi connectivity index (χ2n) is 3.72. The van der Waals surface area contributed by atoms with Gasteiger partial charge in [0.15, 0.2) is 0 Å². The van der Waals surface area contributed by atoms with Gasteiger partial charge in [-0.1, -0.05) is 23.7 Å². The molecule has 1 aromatic carbocycles. The van der Waals surface area contributed by atoms with Crippen LogP contribution in [-0.2, 0) is 4.74 Å². The second kappa shape index (κ2) is 5.67. The quantitative estimate of drug-likeness (QED) is 0.874. The predicted molar refractivity (Wildman–Crippen MR) is 71.3 cm³/mol. The van der Waals surface area contributed by atoms with E-state index in [1.54, 1.807) is 31.2 Å². The van der Waals surface area contributed by atoms with Crippen molar-refractivity contribution in [3.8, 4) is 11.3 Å². The van der Waals surface area contributed by atoms with E-state index in [-0.39, 0.29) is 12.3 Å². The van der Waals surface area contributed by atoms with Crippen molar-refractivity contribution < 1.29 is 9.53 Å². The third-order valence-electron chi connectivity index (χ3n) is 2.42. The first-order valence-electron chi connectivity index (χ1n) is 5.64. The van der Waals surface area contributed by atoms with E-state index in [2.05, 4.69) is 10.2 Å². The molecule has 98 valence electrons. The minimum Gasteiger partial charge on any atom is -0.461 e. The maximum Gasteiger partial charge on any atom is 0.362 e. The van der Waals surface area contributed by atoms with Gasteiger partial charge in [0.25, 0.3) is 0 Å². The number of aromatic amines is 1. The molecule has 1 aromatic heterocycles. The molecule has 2 aromatic rings. The highest BCUT2D eigenvalue weighted by atomic mass is 35.5. The number of aromatic nitrogens is 2. The van der Waals surface area contributed by atoms with Crippen molar-refractivity contribution in [2.24, 2.45) is 0 Å². The van der Waals surface area contributed by atoms with E-state index in [9.17, 15) is 9.59 Å². The van der Waals surface area contributed by atoms with Crippen LogP contribution in [0.15, 0.2) is 35.1 Å². The Labute approximate surface area is 114 Å². The van der Waals surface area contributed by atoms with Crippen LogP contribution in [0.4, 0.5) is 0 Å². The number of ether oxygens (including phenoxy) is 1. The summed E-state index contributed by atoms with van der Waals surface area (Å²) in [5, 5.41) is 7.01. The van der Waals surface area contributed by atoms with Crippen LogP contribution < -0.4 is 5.43 Å². The number of nitrogens with zero attached hydrogens (tertiary/aromatic N) is 1. The summed E-state index contributed by atoms with van der Waals surface area (Å²) < 4.78 is 4.73. The van der Waals surface area contributed by atoms with Crippen LogP contribution in [0.2, 0.25) is 5.02 Å². The lowest BCUT2D eigenvalue weighted by molar-refractivity contribution is 0.0516. The Morgan fingerprint density at radius 3 is 2.63 bits per heavy atom. The summed E-state index contributed by atoms with van der Waals surface area (Å²) in [6.45, 7) is 1.85. The number of hydrogen-bond acceptors (Lipinski definition) is 4. The van der Waals surface area contributed by atoms with Crippen molar-refractivity contribution >= 4 is 17.6 Å². The molecule has 19 heavy (non-hydrogen) atoms. The first kappa shape index (κ1) is 13.3. The minimum atomic E-state index is -0.730. The molecule has 0 bridgehead atoms. The SMILES string of the molecule is CCOC(=O)c1n[nH]c(-c2ccc(Cl)cc2)cc1=O. The van der Waals surface area contributed by atoms with E-state index in [4.69, 9.17) is 16.3 Å². The van der Waals surface area contributed by atoms with Gasteiger partial charge in [-0.05, 0) is 24.6 Å². The normalized spacial score (nSPS) is 10.2. The van der Waals surface area contributed by atoms with Crippen LogP contribution in [0.5, 0.6) is 0 Å². The van der Waals surface area contributed by atoms with Gasteiger partial charge in [-0.15, -0.1) is 0 Å². The molecule has 5 nitrogen and oxygen atoms in total. The zero-order valence-corrected chi connectivity index (χ0v) is 10.9. The summed E-state index contributed by atoms with van der Waals surface area (Å²) in [5.41, 5.74) is 0.529.